The fraction of sp³-hybridized carbons (Fsp3) is 0.978. The Labute approximate surface area is 332 Å². The van der Waals surface area contributed by atoms with E-state index in [4.69, 9.17) is 18.9 Å². The lowest BCUT2D eigenvalue weighted by molar-refractivity contribution is -0.305. The van der Waals surface area contributed by atoms with Crippen molar-refractivity contribution in [3.05, 3.63) is 0 Å². The zero-order valence-electron chi connectivity index (χ0n) is 35.3. The number of carbonyl (C=O) groups excluding carboxylic acids is 1. The maximum atomic E-state index is 12.7. The van der Waals surface area contributed by atoms with Crippen LogP contribution >= 0.6 is 0 Å². The molecule has 6 unspecified atom stereocenters. The van der Waals surface area contributed by atoms with Gasteiger partial charge in [0.25, 0.3) is 0 Å². The summed E-state index contributed by atoms with van der Waals surface area (Å²) >= 11 is 0. The molecule has 9 heteroatoms. The van der Waals surface area contributed by atoms with Crippen molar-refractivity contribution in [3.8, 4) is 0 Å². The number of ether oxygens (including phenoxy) is 4. The molecule has 54 heavy (non-hydrogen) atoms. The second kappa shape index (κ2) is 37.7. The van der Waals surface area contributed by atoms with Gasteiger partial charge in [0.15, 0.2) is 6.29 Å². The SMILES string of the molecule is CCCCCCCCCCCCCCCCCCCCCCCCCOCC(COC1OC(CO)C(O)C(O)C1O)OC(=O)CCCCCCCCCC. The van der Waals surface area contributed by atoms with Gasteiger partial charge >= 0.3 is 5.97 Å². The topological polar surface area (TPSA) is 135 Å². The molecule has 1 heterocycles. The van der Waals surface area contributed by atoms with E-state index in [2.05, 4.69) is 13.8 Å². The van der Waals surface area contributed by atoms with Crippen LogP contribution in [0.3, 0.4) is 0 Å². The van der Waals surface area contributed by atoms with Gasteiger partial charge in [-0.1, -0.05) is 200 Å². The number of carbonyl (C=O) groups is 1. The number of aliphatic hydroxyl groups is 4. The molecule has 322 valence electrons. The molecule has 1 aliphatic heterocycles. The van der Waals surface area contributed by atoms with Gasteiger partial charge < -0.3 is 39.4 Å². The van der Waals surface area contributed by atoms with E-state index in [-0.39, 0.29) is 19.2 Å². The minimum absolute atomic E-state index is 0.106. The maximum absolute atomic E-state index is 12.7. The van der Waals surface area contributed by atoms with Crippen molar-refractivity contribution in [3.63, 3.8) is 0 Å². The molecule has 0 bridgehead atoms. The Bertz CT molecular complexity index is 797. The summed E-state index contributed by atoms with van der Waals surface area (Å²) < 4.78 is 22.7. The molecule has 0 saturated carbocycles. The predicted octanol–water partition coefficient (Wildman–Crippen LogP) is 10.3. The van der Waals surface area contributed by atoms with Crippen LogP contribution in [0, 0.1) is 0 Å². The Kier molecular flexibility index (Phi) is 35.8. The van der Waals surface area contributed by atoms with Crippen molar-refractivity contribution < 1.29 is 44.2 Å². The number of esters is 1. The van der Waals surface area contributed by atoms with Crippen LogP contribution in [0.4, 0.5) is 0 Å². The van der Waals surface area contributed by atoms with Gasteiger partial charge in [0, 0.05) is 13.0 Å². The van der Waals surface area contributed by atoms with Crippen molar-refractivity contribution >= 4 is 5.97 Å². The summed E-state index contributed by atoms with van der Waals surface area (Å²) in [6.07, 6.45) is 33.0. The molecule has 4 N–H and O–H groups in total. The van der Waals surface area contributed by atoms with Crippen molar-refractivity contribution in [2.24, 2.45) is 0 Å². The van der Waals surface area contributed by atoms with E-state index in [0.29, 0.717) is 13.0 Å². The van der Waals surface area contributed by atoms with Crippen molar-refractivity contribution in [2.45, 2.75) is 256 Å². The van der Waals surface area contributed by atoms with Gasteiger partial charge in [-0.3, -0.25) is 4.79 Å². The molecule has 0 aromatic rings. The Morgan fingerprint density at radius 1 is 0.519 bits per heavy atom. The first kappa shape index (κ1) is 51.2. The molecular weight excluding hydrogens is 684 g/mol. The number of unbranched alkanes of at least 4 members (excludes halogenated alkanes) is 29. The summed E-state index contributed by atoms with van der Waals surface area (Å²) in [5.41, 5.74) is 0. The van der Waals surface area contributed by atoms with Crippen LogP contribution in [0.5, 0.6) is 0 Å². The summed E-state index contributed by atoms with van der Waals surface area (Å²) in [5.74, 6) is -0.313. The van der Waals surface area contributed by atoms with Crippen LogP contribution in [-0.4, -0.2) is 89.6 Å². The molecule has 1 fully saturated rings. The molecule has 0 spiro atoms. The monoisotopic (exact) mass is 773 g/mol. The first-order chi connectivity index (χ1) is 26.4. The van der Waals surface area contributed by atoms with E-state index in [0.717, 1.165) is 32.1 Å². The van der Waals surface area contributed by atoms with E-state index in [1.54, 1.807) is 0 Å². The summed E-state index contributed by atoms with van der Waals surface area (Å²) in [6, 6.07) is 0. The van der Waals surface area contributed by atoms with Gasteiger partial charge in [-0.25, -0.2) is 0 Å². The zero-order chi connectivity index (χ0) is 39.3. The fourth-order valence-electron chi connectivity index (χ4n) is 7.38. The van der Waals surface area contributed by atoms with Crippen LogP contribution in [-0.2, 0) is 23.7 Å². The average molecular weight is 773 g/mol. The molecule has 0 radical (unpaired) electrons. The van der Waals surface area contributed by atoms with Crippen LogP contribution in [0.1, 0.15) is 219 Å². The molecule has 1 saturated heterocycles. The Hall–Kier alpha value is -0.810. The average Bonchev–Trinajstić information content (AvgIpc) is 3.17. The Balaban J connectivity index is 2.12. The third-order valence-electron chi connectivity index (χ3n) is 11.0. The van der Waals surface area contributed by atoms with Crippen LogP contribution in [0.15, 0.2) is 0 Å². The Morgan fingerprint density at radius 2 is 0.907 bits per heavy atom. The summed E-state index contributed by atoms with van der Waals surface area (Å²) in [4.78, 5) is 12.7. The number of hydrogen-bond donors (Lipinski definition) is 4. The van der Waals surface area contributed by atoms with E-state index >= 15 is 0 Å². The lowest BCUT2D eigenvalue weighted by atomic mass is 9.99. The Morgan fingerprint density at radius 3 is 1.31 bits per heavy atom. The van der Waals surface area contributed by atoms with E-state index in [1.165, 1.54) is 167 Å². The third-order valence-corrected chi connectivity index (χ3v) is 11.0. The zero-order valence-corrected chi connectivity index (χ0v) is 35.3. The van der Waals surface area contributed by atoms with E-state index in [1.807, 2.05) is 0 Å². The largest absolute Gasteiger partial charge is 0.457 e. The van der Waals surface area contributed by atoms with Gasteiger partial charge in [0.2, 0.25) is 0 Å². The van der Waals surface area contributed by atoms with Gasteiger partial charge in [-0.05, 0) is 12.8 Å². The number of rotatable bonds is 40. The van der Waals surface area contributed by atoms with Gasteiger partial charge in [0.05, 0.1) is 19.8 Å². The maximum Gasteiger partial charge on any atom is 0.306 e. The van der Waals surface area contributed by atoms with Crippen molar-refractivity contribution in [1.29, 1.82) is 0 Å². The summed E-state index contributed by atoms with van der Waals surface area (Å²) in [7, 11) is 0. The van der Waals surface area contributed by atoms with Gasteiger partial charge in [-0.2, -0.15) is 0 Å². The highest BCUT2D eigenvalue weighted by molar-refractivity contribution is 5.69. The second-order valence-electron chi connectivity index (χ2n) is 16.2. The third kappa shape index (κ3) is 28.6. The smallest absolute Gasteiger partial charge is 0.306 e. The van der Waals surface area contributed by atoms with E-state index < -0.39 is 43.4 Å². The minimum Gasteiger partial charge on any atom is -0.457 e. The van der Waals surface area contributed by atoms with Crippen molar-refractivity contribution in [1.82, 2.24) is 0 Å². The second-order valence-corrected chi connectivity index (χ2v) is 16.2. The molecule has 0 amide bonds. The summed E-state index contributed by atoms with van der Waals surface area (Å²) in [6.45, 7) is 4.57. The molecule has 1 aliphatic rings. The van der Waals surface area contributed by atoms with Gasteiger partial charge in [0.1, 0.15) is 30.5 Å². The molecular formula is C45H88O9. The quantitative estimate of drug-likeness (QED) is 0.0355. The number of hydrogen-bond acceptors (Lipinski definition) is 9. The van der Waals surface area contributed by atoms with Crippen LogP contribution in [0.25, 0.3) is 0 Å². The highest BCUT2D eigenvalue weighted by atomic mass is 16.7. The highest BCUT2D eigenvalue weighted by Crippen LogP contribution is 2.23. The first-order valence-corrected chi connectivity index (χ1v) is 23.1. The first-order valence-electron chi connectivity index (χ1n) is 23.1. The van der Waals surface area contributed by atoms with E-state index in [9.17, 15) is 25.2 Å². The molecule has 0 aromatic heterocycles. The fourth-order valence-corrected chi connectivity index (χ4v) is 7.38. The lowest BCUT2D eigenvalue weighted by Crippen LogP contribution is -2.59. The predicted molar refractivity (Wildman–Crippen MR) is 220 cm³/mol. The molecule has 0 aromatic carbocycles. The molecule has 0 aliphatic carbocycles. The number of aliphatic hydroxyl groups excluding tert-OH is 4. The van der Waals surface area contributed by atoms with Crippen LogP contribution in [0.2, 0.25) is 0 Å². The highest BCUT2D eigenvalue weighted by Gasteiger charge is 2.44. The molecule has 1 rings (SSSR count). The molecule has 6 atom stereocenters. The lowest BCUT2D eigenvalue weighted by Gasteiger charge is -2.39. The molecule has 9 nitrogen and oxygen atoms in total. The van der Waals surface area contributed by atoms with Crippen LogP contribution < -0.4 is 0 Å². The van der Waals surface area contributed by atoms with Gasteiger partial charge in [-0.15, -0.1) is 0 Å². The standard InChI is InChI=1S/C45H88O9/c1-3-5-7-9-11-13-14-15-16-17-18-19-20-21-22-23-24-25-26-27-29-31-33-35-51-37-39(53-41(47)34-32-30-28-12-10-8-6-4-2)38-52-45-44(50)43(49)42(48)40(36-46)54-45/h39-40,42-46,48-50H,3-38H2,1-2H3. The minimum atomic E-state index is -1.53. The normalized spacial score (nSPS) is 20.7. The van der Waals surface area contributed by atoms with Crippen molar-refractivity contribution in [2.75, 3.05) is 26.4 Å². The summed E-state index contributed by atoms with van der Waals surface area (Å²) in [5, 5.41) is 40.0.